The molecule has 0 saturated carbocycles. The zero-order valence-electron chi connectivity index (χ0n) is 12.6. The topological polar surface area (TPSA) is 0 Å². The zero-order chi connectivity index (χ0) is 15.4. The summed E-state index contributed by atoms with van der Waals surface area (Å²) in [4.78, 5) is 0. The molecule has 3 rings (SSSR count). The van der Waals surface area contributed by atoms with E-state index in [1.807, 2.05) is 30.3 Å². The van der Waals surface area contributed by atoms with Crippen LogP contribution in [-0.2, 0) is 5.41 Å². The fourth-order valence-electron chi connectivity index (χ4n) is 2.98. The molecule has 0 saturated heterocycles. The van der Waals surface area contributed by atoms with Gasteiger partial charge in [-0.2, -0.15) is 0 Å². The third-order valence-corrected chi connectivity index (χ3v) is 5.03. The highest BCUT2D eigenvalue weighted by Gasteiger charge is 2.37. The van der Waals surface area contributed by atoms with E-state index in [2.05, 4.69) is 67.6 Å². The van der Waals surface area contributed by atoms with Crippen molar-refractivity contribution in [2.24, 2.45) is 0 Å². The van der Waals surface area contributed by atoms with Crippen LogP contribution < -0.4 is 0 Å². The van der Waals surface area contributed by atoms with E-state index >= 15 is 0 Å². The number of rotatable bonds is 4. The highest BCUT2D eigenvalue weighted by atomic mass is 35.5. The molecule has 0 amide bonds. The molecule has 0 aliphatic heterocycles. The van der Waals surface area contributed by atoms with Gasteiger partial charge < -0.3 is 0 Å². The summed E-state index contributed by atoms with van der Waals surface area (Å²) in [5, 5.41) is -0.140. The van der Waals surface area contributed by atoms with Crippen molar-refractivity contribution in [2.75, 3.05) is 0 Å². The van der Waals surface area contributed by atoms with Crippen molar-refractivity contribution >= 4 is 11.6 Å². The normalized spacial score (nSPS) is 12.8. The number of halogens is 1. The first-order chi connectivity index (χ1) is 10.7. The average molecular weight is 307 g/mol. The van der Waals surface area contributed by atoms with E-state index in [0.717, 1.165) is 5.56 Å². The Morgan fingerprint density at radius 2 is 1.00 bits per heavy atom. The van der Waals surface area contributed by atoms with Crippen LogP contribution in [0.15, 0.2) is 91.0 Å². The van der Waals surface area contributed by atoms with Crippen molar-refractivity contribution in [3.05, 3.63) is 108 Å². The summed E-state index contributed by atoms with van der Waals surface area (Å²) in [5.74, 6) is 0. The van der Waals surface area contributed by atoms with E-state index in [0.29, 0.717) is 0 Å². The Labute approximate surface area is 137 Å². The van der Waals surface area contributed by atoms with Crippen LogP contribution in [0.3, 0.4) is 0 Å². The van der Waals surface area contributed by atoms with Crippen LogP contribution in [0.4, 0.5) is 0 Å². The molecular weight excluding hydrogens is 288 g/mol. The largest absolute Gasteiger partial charge is 0.116 e. The second-order valence-electron chi connectivity index (χ2n) is 5.71. The second-order valence-corrected chi connectivity index (χ2v) is 6.14. The second kappa shape index (κ2) is 6.37. The molecule has 0 fully saturated rings. The molecule has 0 heterocycles. The van der Waals surface area contributed by atoms with Gasteiger partial charge in [-0.1, -0.05) is 91.0 Å². The maximum Gasteiger partial charge on any atom is 0.0719 e. The van der Waals surface area contributed by atoms with Crippen LogP contribution in [0, 0.1) is 0 Å². The summed E-state index contributed by atoms with van der Waals surface area (Å²) in [5.41, 5.74) is 3.31. The van der Waals surface area contributed by atoms with Crippen molar-refractivity contribution in [2.45, 2.75) is 17.7 Å². The molecule has 0 bridgehead atoms. The van der Waals surface area contributed by atoms with E-state index in [1.165, 1.54) is 11.1 Å². The molecule has 3 aromatic carbocycles. The van der Waals surface area contributed by atoms with Crippen molar-refractivity contribution in [1.82, 2.24) is 0 Å². The monoisotopic (exact) mass is 306 g/mol. The number of alkyl halides is 1. The quantitative estimate of drug-likeness (QED) is 0.521. The van der Waals surface area contributed by atoms with E-state index in [1.54, 1.807) is 0 Å². The van der Waals surface area contributed by atoms with Crippen molar-refractivity contribution < 1.29 is 0 Å². The Hall–Kier alpha value is -2.05. The maximum absolute atomic E-state index is 6.98. The first-order valence-corrected chi connectivity index (χ1v) is 7.96. The third kappa shape index (κ3) is 2.67. The molecule has 1 heteroatoms. The van der Waals surface area contributed by atoms with Gasteiger partial charge in [-0.3, -0.25) is 0 Å². The Balaban J connectivity index is 2.16. The highest BCUT2D eigenvalue weighted by Crippen LogP contribution is 2.46. The highest BCUT2D eigenvalue weighted by molar-refractivity contribution is 6.22. The lowest BCUT2D eigenvalue weighted by atomic mass is 9.71. The van der Waals surface area contributed by atoms with Gasteiger partial charge in [-0.15, -0.1) is 11.6 Å². The SMILES string of the molecule is CC(c1ccccc1)(c1ccccc1)C(Cl)c1ccccc1. The average Bonchev–Trinajstić information content (AvgIpc) is 2.62. The molecule has 0 N–H and O–H groups in total. The first-order valence-electron chi connectivity index (χ1n) is 7.53. The molecule has 0 nitrogen and oxygen atoms in total. The number of hydrogen-bond acceptors (Lipinski definition) is 0. The summed E-state index contributed by atoms with van der Waals surface area (Å²) >= 11 is 6.98. The molecule has 1 unspecified atom stereocenters. The van der Waals surface area contributed by atoms with Crippen molar-refractivity contribution in [1.29, 1.82) is 0 Å². The minimum absolute atomic E-state index is 0.140. The van der Waals surface area contributed by atoms with Crippen molar-refractivity contribution in [3.63, 3.8) is 0 Å². The molecule has 0 aliphatic carbocycles. The van der Waals surface area contributed by atoms with Gasteiger partial charge in [0.1, 0.15) is 0 Å². The van der Waals surface area contributed by atoms with Gasteiger partial charge in [0.2, 0.25) is 0 Å². The Morgan fingerprint density at radius 3 is 1.41 bits per heavy atom. The minimum Gasteiger partial charge on any atom is -0.116 e. The first kappa shape index (κ1) is 14.9. The summed E-state index contributed by atoms with van der Waals surface area (Å²) in [6.07, 6.45) is 0. The van der Waals surface area contributed by atoms with E-state index < -0.39 is 0 Å². The fourth-order valence-corrected chi connectivity index (χ4v) is 3.38. The lowest BCUT2D eigenvalue weighted by Crippen LogP contribution is -2.29. The molecule has 1 atom stereocenters. The van der Waals surface area contributed by atoms with Gasteiger partial charge >= 0.3 is 0 Å². The minimum atomic E-state index is -0.286. The summed E-state index contributed by atoms with van der Waals surface area (Å²) in [6.45, 7) is 2.22. The van der Waals surface area contributed by atoms with Crippen LogP contribution in [0.25, 0.3) is 0 Å². The smallest absolute Gasteiger partial charge is 0.0719 e. The molecule has 0 aromatic heterocycles. The zero-order valence-corrected chi connectivity index (χ0v) is 13.4. The molecule has 0 aliphatic rings. The van der Waals surface area contributed by atoms with Crippen LogP contribution >= 0.6 is 11.6 Å². The van der Waals surface area contributed by atoms with E-state index in [9.17, 15) is 0 Å². The van der Waals surface area contributed by atoms with Gasteiger partial charge in [0.05, 0.1) is 5.38 Å². The number of hydrogen-bond donors (Lipinski definition) is 0. The van der Waals surface area contributed by atoms with Crippen LogP contribution in [0.5, 0.6) is 0 Å². The molecule has 3 aromatic rings. The third-order valence-electron chi connectivity index (χ3n) is 4.35. The lowest BCUT2D eigenvalue weighted by Gasteiger charge is -2.36. The van der Waals surface area contributed by atoms with Gasteiger partial charge in [0.25, 0.3) is 0 Å². The van der Waals surface area contributed by atoms with Gasteiger partial charge in [-0.05, 0) is 23.6 Å². The predicted octanol–water partition coefficient (Wildman–Crippen LogP) is 5.97. The molecule has 22 heavy (non-hydrogen) atoms. The molecular formula is C21H19Cl. The van der Waals surface area contributed by atoms with Crippen LogP contribution in [0.1, 0.15) is 29.0 Å². The fraction of sp³-hybridized carbons (Fsp3) is 0.143. The van der Waals surface area contributed by atoms with E-state index in [-0.39, 0.29) is 10.8 Å². The maximum atomic E-state index is 6.98. The Kier molecular flexibility index (Phi) is 4.31. The standard InChI is InChI=1S/C21H19Cl/c1-21(18-13-7-3-8-14-18,19-15-9-4-10-16-19)20(22)17-11-5-2-6-12-17/h2-16,20H,1H3. The molecule has 110 valence electrons. The van der Waals surface area contributed by atoms with E-state index in [4.69, 9.17) is 11.6 Å². The van der Waals surface area contributed by atoms with Crippen molar-refractivity contribution in [3.8, 4) is 0 Å². The Bertz CT molecular complexity index is 665. The van der Waals surface area contributed by atoms with Gasteiger partial charge in [0, 0.05) is 5.41 Å². The summed E-state index contributed by atoms with van der Waals surface area (Å²) in [6, 6.07) is 31.3. The molecule has 0 spiro atoms. The summed E-state index contributed by atoms with van der Waals surface area (Å²) in [7, 11) is 0. The predicted molar refractivity (Wildman–Crippen MR) is 94.4 cm³/mol. The summed E-state index contributed by atoms with van der Waals surface area (Å²) < 4.78 is 0. The Morgan fingerprint density at radius 1 is 0.636 bits per heavy atom. The lowest BCUT2D eigenvalue weighted by molar-refractivity contribution is 0.548. The van der Waals surface area contributed by atoms with Gasteiger partial charge in [-0.25, -0.2) is 0 Å². The number of benzene rings is 3. The van der Waals surface area contributed by atoms with Gasteiger partial charge in [0.15, 0.2) is 0 Å². The molecule has 0 radical (unpaired) electrons. The van der Waals surface area contributed by atoms with Crippen LogP contribution in [0.2, 0.25) is 0 Å². The van der Waals surface area contributed by atoms with Crippen LogP contribution in [-0.4, -0.2) is 0 Å².